The second-order valence-electron chi connectivity index (χ2n) is 5.97. The summed E-state index contributed by atoms with van der Waals surface area (Å²) in [5.41, 5.74) is 0. The van der Waals surface area contributed by atoms with Gasteiger partial charge in [0.2, 0.25) is 0 Å². The summed E-state index contributed by atoms with van der Waals surface area (Å²) in [7, 11) is 0. The van der Waals surface area contributed by atoms with E-state index in [4.69, 9.17) is 9.52 Å². The molecule has 1 aromatic rings. The molecule has 1 aliphatic heterocycles. The molecule has 108 valence electrons. The van der Waals surface area contributed by atoms with E-state index in [2.05, 4.69) is 24.1 Å². The Kier molecular flexibility index (Phi) is 5.43. The Balaban J connectivity index is 1.64. The number of likely N-dealkylation sites (tertiary alicyclic amines) is 1. The van der Waals surface area contributed by atoms with E-state index in [1.807, 2.05) is 12.1 Å². The smallest absolute Gasteiger partial charge is 0.129 e. The molecule has 2 heterocycles. The van der Waals surface area contributed by atoms with Crippen molar-refractivity contribution in [3.05, 3.63) is 23.7 Å². The second-order valence-corrected chi connectivity index (χ2v) is 5.97. The summed E-state index contributed by atoms with van der Waals surface area (Å²) < 4.78 is 5.45. The van der Waals surface area contributed by atoms with Gasteiger partial charge in [0.15, 0.2) is 0 Å². The average Bonchev–Trinajstić information content (AvgIpc) is 2.98. The van der Waals surface area contributed by atoms with Gasteiger partial charge in [-0.25, -0.2) is 0 Å². The molecule has 4 heteroatoms. The Bertz CT molecular complexity index is 376. The normalized spacial score (nSPS) is 20.5. The third-order valence-electron chi connectivity index (χ3n) is 3.60. The Morgan fingerprint density at radius 2 is 2.21 bits per heavy atom. The van der Waals surface area contributed by atoms with Crippen LogP contribution in [0.15, 0.2) is 16.5 Å². The number of furan rings is 1. The van der Waals surface area contributed by atoms with Gasteiger partial charge in [0.1, 0.15) is 18.1 Å². The van der Waals surface area contributed by atoms with Crippen molar-refractivity contribution in [3.8, 4) is 0 Å². The summed E-state index contributed by atoms with van der Waals surface area (Å²) in [5.74, 6) is 3.06. The number of aliphatic hydroxyl groups excluding tert-OH is 1. The van der Waals surface area contributed by atoms with Gasteiger partial charge in [-0.3, -0.25) is 0 Å². The van der Waals surface area contributed by atoms with E-state index in [1.54, 1.807) is 0 Å². The van der Waals surface area contributed by atoms with E-state index < -0.39 is 0 Å². The SMILES string of the molecule is CC(C)CN1CCC(CNCc2ccc(CO)o2)C1. The molecule has 19 heavy (non-hydrogen) atoms. The first-order chi connectivity index (χ1) is 9.17. The molecule has 0 aliphatic carbocycles. The molecule has 1 atom stereocenters. The van der Waals surface area contributed by atoms with Crippen molar-refractivity contribution in [2.75, 3.05) is 26.2 Å². The largest absolute Gasteiger partial charge is 0.462 e. The maximum Gasteiger partial charge on any atom is 0.129 e. The lowest BCUT2D eigenvalue weighted by molar-refractivity contribution is 0.242. The molecule has 1 saturated heterocycles. The van der Waals surface area contributed by atoms with Crippen LogP contribution in [0.3, 0.4) is 0 Å². The molecule has 1 aliphatic rings. The average molecular weight is 266 g/mol. The third-order valence-corrected chi connectivity index (χ3v) is 3.60. The van der Waals surface area contributed by atoms with E-state index in [0.29, 0.717) is 5.76 Å². The molecule has 0 spiro atoms. The summed E-state index contributed by atoms with van der Waals surface area (Å²) in [4.78, 5) is 2.56. The molecule has 0 aromatic carbocycles. The lowest BCUT2D eigenvalue weighted by Crippen LogP contribution is -2.28. The topological polar surface area (TPSA) is 48.6 Å². The van der Waals surface area contributed by atoms with E-state index in [0.717, 1.165) is 30.7 Å². The van der Waals surface area contributed by atoms with Gasteiger partial charge in [-0.2, -0.15) is 0 Å². The van der Waals surface area contributed by atoms with Crippen LogP contribution in [0.5, 0.6) is 0 Å². The lowest BCUT2D eigenvalue weighted by Gasteiger charge is -2.18. The van der Waals surface area contributed by atoms with Gasteiger partial charge in [0.05, 0.1) is 6.54 Å². The van der Waals surface area contributed by atoms with Gasteiger partial charge < -0.3 is 19.7 Å². The van der Waals surface area contributed by atoms with Gasteiger partial charge in [0, 0.05) is 13.1 Å². The minimum Gasteiger partial charge on any atom is -0.462 e. The highest BCUT2D eigenvalue weighted by Gasteiger charge is 2.22. The van der Waals surface area contributed by atoms with Crippen molar-refractivity contribution in [3.63, 3.8) is 0 Å². The van der Waals surface area contributed by atoms with Crippen LogP contribution in [-0.4, -0.2) is 36.2 Å². The summed E-state index contributed by atoms with van der Waals surface area (Å²) >= 11 is 0. The van der Waals surface area contributed by atoms with Crippen molar-refractivity contribution < 1.29 is 9.52 Å². The zero-order valence-electron chi connectivity index (χ0n) is 12.1. The highest BCUT2D eigenvalue weighted by molar-refractivity contribution is 5.06. The van der Waals surface area contributed by atoms with Crippen LogP contribution in [0.1, 0.15) is 31.8 Å². The van der Waals surface area contributed by atoms with Gasteiger partial charge in [0.25, 0.3) is 0 Å². The van der Waals surface area contributed by atoms with Crippen molar-refractivity contribution in [1.29, 1.82) is 0 Å². The lowest BCUT2D eigenvalue weighted by atomic mass is 10.1. The fourth-order valence-electron chi connectivity index (χ4n) is 2.76. The standard InChI is InChI=1S/C15H26N2O2/c1-12(2)9-17-6-5-13(10-17)7-16-8-14-3-4-15(11-18)19-14/h3-4,12-13,16,18H,5-11H2,1-2H3. The fourth-order valence-corrected chi connectivity index (χ4v) is 2.76. The Labute approximate surface area is 115 Å². The molecule has 4 nitrogen and oxygen atoms in total. The van der Waals surface area contributed by atoms with Crippen molar-refractivity contribution in [2.24, 2.45) is 11.8 Å². The van der Waals surface area contributed by atoms with Gasteiger partial charge in [-0.1, -0.05) is 13.8 Å². The number of hydrogen-bond acceptors (Lipinski definition) is 4. The number of nitrogens with zero attached hydrogens (tertiary/aromatic N) is 1. The fraction of sp³-hybridized carbons (Fsp3) is 0.733. The molecule has 1 aromatic heterocycles. The third kappa shape index (κ3) is 4.64. The molecule has 0 saturated carbocycles. The molecule has 1 unspecified atom stereocenters. The van der Waals surface area contributed by atoms with Gasteiger partial charge >= 0.3 is 0 Å². The van der Waals surface area contributed by atoms with Crippen LogP contribution >= 0.6 is 0 Å². The number of nitrogens with one attached hydrogen (secondary N) is 1. The molecule has 0 radical (unpaired) electrons. The zero-order valence-corrected chi connectivity index (χ0v) is 12.1. The molecular formula is C15H26N2O2. The molecule has 0 bridgehead atoms. The van der Waals surface area contributed by atoms with Crippen molar-refractivity contribution >= 4 is 0 Å². The minimum absolute atomic E-state index is 0.0210. The molecular weight excluding hydrogens is 240 g/mol. The van der Waals surface area contributed by atoms with Crippen LogP contribution in [0.2, 0.25) is 0 Å². The summed E-state index contributed by atoms with van der Waals surface area (Å²) in [6, 6.07) is 3.76. The first-order valence-electron chi connectivity index (χ1n) is 7.29. The van der Waals surface area contributed by atoms with Crippen LogP contribution in [0, 0.1) is 11.8 Å². The number of hydrogen-bond donors (Lipinski definition) is 2. The van der Waals surface area contributed by atoms with Crippen molar-refractivity contribution in [1.82, 2.24) is 10.2 Å². The first-order valence-corrected chi connectivity index (χ1v) is 7.29. The van der Waals surface area contributed by atoms with Gasteiger partial charge in [-0.15, -0.1) is 0 Å². The highest BCUT2D eigenvalue weighted by Crippen LogP contribution is 2.17. The van der Waals surface area contributed by atoms with Crippen LogP contribution in [-0.2, 0) is 13.2 Å². The molecule has 2 rings (SSSR count). The minimum atomic E-state index is -0.0210. The summed E-state index contributed by atoms with van der Waals surface area (Å²) in [6.45, 7) is 10.00. The predicted molar refractivity (Wildman–Crippen MR) is 75.7 cm³/mol. The highest BCUT2D eigenvalue weighted by atomic mass is 16.4. The van der Waals surface area contributed by atoms with E-state index in [1.165, 1.54) is 26.1 Å². The van der Waals surface area contributed by atoms with E-state index >= 15 is 0 Å². The monoisotopic (exact) mass is 266 g/mol. The van der Waals surface area contributed by atoms with E-state index in [9.17, 15) is 0 Å². The Morgan fingerprint density at radius 1 is 1.42 bits per heavy atom. The Morgan fingerprint density at radius 3 is 2.89 bits per heavy atom. The molecule has 1 fully saturated rings. The molecule has 2 N–H and O–H groups in total. The zero-order chi connectivity index (χ0) is 13.7. The quantitative estimate of drug-likeness (QED) is 0.790. The Hall–Kier alpha value is -0.840. The van der Waals surface area contributed by atoms with E-state index in [-0.39, 0.29) is 6.61 Å². The molecule has 0 amide bonds. The maximum absolute atomic E-state index is 8.93. The van der Waals surface area contributed by atoms with Crippen LogP contribution in [0.25, 0.3) is 0 Å². The first kappa shape index (κ1) is 14.6. The number of rotatable bonds is 7. The predicted octanol–water partition coefficient (Wildman–Crippen LogP) is 1.84. The number of aliphatic hydroxyl groups is 1. The van der Waals surface area contributed by atoms with Gasteiger partial charge in [-0.05, 0) is 43.5 Å². The van der Waals surface area contributed by atoms with Crippen LogP contribution < -0.4 is 5.32 Å². The summed E-state index contributed by atoms with van der Waals surface area (Å²) in [6.07, 6.45) is 1.29. The second kappa shape index (κ2) is 7.08. The van der Waals surface area contributed by atoms with Crippen molar-refractivity contribution in [2.45, 2.75) is 33.4 Å². The van der Waals surface area contributed by atoms with Crippen LogP contribution in [0.4, 0.5) is 0 Å². The maximum atomic E-state index is 8.93. The summed E-state index contributed by atoms with van der Waals surface area (Å²) in [5, 5.41) is 12.4.